The Morgan fingerprint density at radius 3 is 2.33 bits per heavy atom. The molecule has 1 aromatic carbocycles. The molecule has 0 unspecified atom stereocenters. The molecule has 0 bridgehead atoms. The molecule has 0 spiro atoms. The fourth-order valence-electron chi connectivity index (χ4n) is 2.70. The lowest BCUT2D eigenvalue weighted by molar-refractivity contribution is -0.138. The number of hydrogen-bond donors (Lipinski definition) is 2. The number of benzene rings is 1. The summed E-state index contributed by atoms with van der Waals surface area (Å²) in [6, 6.07) is 7.22. The van der Waals surface area contributed by atoms with Crippen molar-refractivity contribution in [1.82, 2.24) is 15.0 Å². The van der Waals surface area contributed by atoms with Crippen molar-refractivity contribution in [2.24, 2.45) is 0 Å². The second kappa shape index (κ2) is 9.14. The summed E-state index contributed by atoms with van der Waals surface area (Å²) < 4.78 is 77.7. The zero-order valence-corrected chi connectivity index (χ0v) is 17.0. The molecule has 6 nitrogen and oxygen atoms in total. The van der Waals surface area contributed by atoms with Crippen molar-refractivity contribution in [2.75, 3.05) is 5.43 Å². The number of aromatic nitrogens is 2. The minimum atomic E-state index is -4.65. The molecular weight excluding hydrogens is 478 g/mol. The first-order chi connectivity index (χ1) is 15.3. The summed E-state index contributed by atoms with van der Waals surface area (Å²) in [5, 5.41) is -0.403. The third-order valence-electron chi connectivity index (χ3n) is 4.32. The molecule has 0 aliphatic heterocycles. The lowest BCUT2D eigenvalue weighted by atomic mass is 10.1. The van der Waals surface area contributed by atoms with Crippen LogP contribution in [0.1, 0.15) is 27.0 Å². The molecule has 174 valence electrons. The van der Waals surface area contributed by atoms with Gasteiger partial charge in [0.2, 0.25) is 0 Å². The number of nitrogens with one attached hydrogen (secondary N) is 2. The number of halogens is 7. The summed E-state index contributed by atoms with van der Waals surface area (Å²) in [5.74, 6) is -1.05. The molecular formula is C20H13ClF6N4O2. The minimum absolute atomic E-state index is 0.0582. The zero-order valence-electron chi connectivity index (χ0n) is 16.3. The fourth-order valence-corrected chi connectivity index (χ4v) is 2.92. The molecule has 0 aliphatic carbocycles. The summed E-state index contributed by atoms with van der Waals surface area (Å²) in [5.41, 5.74) is 2.05. The molecule has 0 saturated heterocycles. The standard InChI is InChI=1S/C20H13ClF6N4O2/c21-15-7-14(20(25,26)27)8-28-17(15)29-30-18(33)12-4-5-16(32)31(10-12)9-11-2-1-3-13(6-11)19(22,23)24/h1-8,10H,9H2,(H,28,29)(H,30,33). The molecule has 3 aromatic rings. The smallest absolute Gasteiger partial charge is 0.310 e. The summed E-state index contributed by atoms with van der Waals surface area (Å²) >= 11 is 5.74. The fraction of sp³-hybridized carbons (Fsp3) is 0.150. The monoisotopic (exact) mass is 490 g/mol. The average Bonchev–Trinajstić information content (AvgIpc) is 2.73. The highest BCUT2D eigenvalue weighted by Gasteiger charge is 2.32. The van der Waals surface area contributed by atoms with Gasteiger partial charge in [0.25, 0.3) is 11.5 Å². The number of rotatable bonds is 5. The predicted molar refractivity (Wildman–Crippen MR) is 107 cm³/mol. The average molecular weight is 491 g/mol. The van der Waals surface area contributed by atoms with Gasteiger partial charge in [-0.15, -0.1) is 0 Å². The number of anilines is 1. The Morgan fingerprint density at radius 2 is 1.70 bits per heavy atom. The quantitative estimate of drug-likeness (QED) is 0.400. The number of pyridine rings is 2. The van der Waals surface area contributed by atoms with Crippen LogP contribution in [0.4, 0.5) is 32.2 Å². The maximum Gasteiger partial charge on any atom is 0.417 e. The summed E-state index contributed by atoms with van der Waals surface area (Å²) in [6.45, 7) is -0.233. The van der Waals surface area contributed by atoms with Gasteiger partial charge in [0.15, 0.2) is 5.82 Å². The SMILES string of the molecule is O=C(NNc1ncc(C(F)(F)F)cc1Cl)c1ccc(=O)n(Cc2cccc(C(F)(F)F)c2)c1. The van der Waals surface area contributed by atoms with E-state index in [1.165, 1.54) is 18.2 Å². The van der Waals surface area contributed by atoms with Gasteiger partial charge in [0, 0.05) is 18.5 Å². The molecule has 2 heterocycles. The Kier molecular flexibility index (Phi) is 6.68. The van der Waals surface area contributed by atoms with Crippen LogP contribution in [0.5, 0.6) is 0 Å². The van der Waals surface area contributed by atoms with Crippen molar-refractivity contribution < 1.29 is 31.1 Å². The molecule has 0 aliphatic rings. The van der Waals surface area contributed by atoms with Crippen molar-refractivity contribution in [3.05, 3.63) is 92.5 Å². The number of amides is 1. The Morgan fingerprint density at radius 1 is 1.00 bits per heavy atom. The third kappa shape index (κ3) is 6.04. The van der Waals surface area contributed by atoms with Crippen LogP contribution >= 0.6 is 11.6 Å². The minimum Gasteiger partial charge on any atom is -0.310 e. The first-order valence-electron chi connectivity index (χ1n) is 9.00. The van der Waals surface area contributed by atoms with Gasteiger partial charge >= 0.3 is 12.4 Å². The first-order valence-corrected chi connectivity index (χ1v) is 9.38. The second-order valence-corrected chi connectivity index (χ2v) is 7.12. The summed E-state index contributed by atoms with van der Waals surface area (Å²) in [7, 11) is 0. The second-order valence-electron chi connectivity index (χ2n) is 6.71. The molecule has 0 fully saturated rings. The van der Waals surface area contributed by atoms with Gasteiger partial charge in [-0.05, 0) is 29.8 Å². The van der Waals surface area contributed by atoms with Crippen molar-refractivity contribution in [3.8, 4) is 0 Å². The summed E-state index contributed by atoms with van der Waals surface area (Å²) in [4.78, 5) is 28.0. The highest BCUT2D eigenvalue weighted by atomic mass is 35.5. The van der Waals surface area contributed by atoms with Crippen LogP contribution in [-0.4, -0.2) is 15.5 Å². The number of hydrogen-bond acceptors (Lipinski definition) is 4. The van der Waals surface area contributed by atoms with E-state index in [4.69, 9.17) is 11.6 Å². The van der Waals surface area contributed by atoms with Crippen LogP contribution in [-0.2, 0) is 18.9 Å². The highest BCUT2D eigenvalue weighted by molar-refractivity contribution is 6.33. The predicted octanol–water partition coefficient (Wildman–Crippen LogP) is 4.74. The molecule has 0 atom stereocenters. The van der Waals surface area contributed by atoms with Crippen LogP contribution in [0.15, 0.2) is 59.7 Å². The number of hydrazine groups is 1. The van der Waals surface area contributed by atoms with Crippen molar-refractivity contribution >= 4 is 23.3 Å². The van der Waals surface area contributed by atoms with Crippen LogP contribution in [0.25, 0.3) is 0 Å². The molecule has 2 N–H and O–H groups in total. The van der Waals surface area contributed by atoms with Gasteiger partial charge in [-0.2, -0.15) is 26.3 Å². The lowest BCUT2D eigenvalue weighted by Crippen LogP contribution is -2.31. The van der Waals surface area contributed by atoms with E-state index in [0.29, 0.717) is 12.3 Å². The largest absolute Gasteiger partial charge is 0.417 e. The van der Waals surface area contributed by atoms with Gasteiger partial charge in [0.05, 0.1) is 28.3 Å². The normalized spacial score (nSPS) is 11.8. The van der Waals surface area contributed by atoms with E-state index in [2.05, 4.69) is 15.8 Å². The number of alkyl halides is 6. The highest BCUT2D eigenvalue weighted by Crippen LogP contribution is 2.32. The van der Waals surface area contributed by atoms with E-state index in [1.54, 1.807) is 0 Å². The Balaban J connectivity index is 1.74. The van der Waals surface area contributed by atoms with Crippen molar-refractivity contribution in [1.29, 1.82) is 0 Å². The van der Waals surface area contributed by atoms with Crippen LogP contribution in [0.3, 0.4) is 0 Å². The molecule has 0 saturated carbocycles. The Labute approximate surface area is 186 Å². The van der Waals surface area contributed by atoms with Gasteiger partial charge in [-0.3, -0.25) is 20.4 Å². The topological polar surface area (TPSA) is 76.0 Å². The first kappa shape index (κ1) is 24.1. The van der Waals surface area contributed by atoms with E-state index in [-0.39, 0.29) is 23.5 Å². The van der Waals surface area contributed by atoms with E-state index in [9.17, 15) is 35.9 Å². The number of nitrogens with zero attached hydrogens (tertiary/aromatic N) is 2. The molecule has 2 aromatic heterocycles. The number of carbonyl (C=O) groups excluding carboxylic acids is 1. The van der Waals surface area contributed by atoms with Crippen molar-refractivity contribution in [2.45, 2.75) is 18.9 Å². The van der Waals surface area contributed by atoms with Crippen molar-refractivity contribution in [3.63, 3.8) is 0 Å². The van der Waals surface area contributed by atoms with Gasteiger partial charge < -0.3 is 4.57 Å². The molecule has 0 radical (unpaired) electrons. The molecule has 13 heteroatoms. The van der Waals surface area contributed by atoms with Crippen LogP contribution < -0.4 is 16.4 Å². The van der Waals surface area contributed by atoms with Crippen LogP contribution in [0.2, 0.25) is 5.02 Å². The van der Waals surface area contributed by atoms with E-state index in [0.717, 1.165) is 29.0 Å². The third-order valence-corrected chi connectivity index (χ3v) is 4.60. The van der Waals surface area contributed by atoms with Gasteiger partial charge in [-0.1, -0.05) is 23.7 Å². The number of carbonyl (C=O) groups is 1. The Bertz CT molecular complexity index is 1240. The van der Waals surface area contributed by atoms with E-state index in [1.807, 2.05) is 0 Å². The Hall–Kier alpha value is -3.54. The summed E-state index contributed by atoms with van der Waals surface area (Å²) in [6.07, 6.45) is -7.55. The lowest BCUT2D eigenvalue weighted by Gasteiger charge is -2.13. The van der Waals surface area contributed by atoms with Gasteiger partial charge in [0.1, 0.15) is 0 Å². The molecule has 1 amide bonds. The molecule has 3 rings (SSSR count). The van der Waals surface area contributed by atoms with Gasteiger partial charge in [-0.25, -0.2) is 4.98 Å². The maximum absolute atomic E-state index is 12.9. The van der Waals surface area contributed by atoms with Crippen LogP contribution in [0, 0.1) is 0 Å². The zero-order chi connectivity index (χ0) is 24.4. The van der Waals surface area contributed by atoms with E-state index < -0.39 is 40.0 Å². The maximum atomic E-state index is 12.9. The van der Waals surface area contributed by atoms with E-state index >= 15 is 0 Å². The molecule has 33 heavy (non-hydrogen) atoms.